The molecule has 32 heavy (non-hydrogen) atoms. The Morgan fingerprint density at radius 2 is 1.47 bits per heavy atom. The highest BCUT2D eigenvalue weighted by Crippen LogP contribution is 2.38. The predicted octanol–water partition coefficient (Wildman–Crippen LogP) is 9.58. The third-order valence-electron chi connectivity index (χ3n) is 7.69. The van der Waals surface area contributed by atoms with Crippen LogP contribution in [0.3, 0.4) is 0 Å². The second kappa shape index (κ2) is 12.7. The molecule has 4 heteroatoms. The van der Waals surface area contributed by atoms with Crippen molar-refractivity contribution >= 4 is 0 Å². The largest absolute Gasteiger partial charge is 0.573 e. The van der Waals surface area contributed by atoms with Gasteiger partial charge in [-0.15, -0.1) is 13.2 Å². The Bertz CT molecular complexity index is 663. The maximum atomic E-state index is 12.3. The molecular weight excluding hydrogens is 409 g/mol. The van der Waals surface area contributed by atoms with Gasteiger partial charge in [-0.3, -0.25) is 0 Å². The molecule has 1 aromatic rings. The number of alkyl halides is 3. The normalized spacial score (nSPS) is 27.0. The molecule has 1 aromatic carbocycles. The Balaban J connectivity index is 1.30. The lowest BCUT2D eigenvalue weighted by molar-refractivity contribution is -0.274. The number of unbranched alkanes of at least 4 members (excludes halogenated alkanes) is 2. The van der Waals surface area contributed by atoms with E-state index < -0.39 is 6.36 Å². The molecule has 180 valence electrons. The summed E-state index contributed by atoms with van der Waals surface area (Å²) in [6, 6.07) is 6.46. The minimum Gasteiger partial charge on any atom is -0.406 e. The summed E-state index contributed by atoms with van der Waals surface area (Å²) in [5.41, 5.74) is 1.13. The minimum atomic E-state index is -4.63. The molecule has 0 heterocycles. The monoisotopic (exact) mass is 450 g/mol. The molecule has 2 aliphatic carbocycles. The van der Waals surface area contributed by atoms with E-state index in [0.29, 0.717) is 11.8 Å². The van der Waals surface area contributed by atoms with E-state index in [9.17, 15) is 13.2 Å². The predicted molar refractivity (Wildman–Crippen MR) is 126 cm³/mol. The quantitative estimate of drug-likeness (QED) is 0.255. The van der Waals surface area contributed by atoms with E-state index in [0.717, 1.165) is 30.2 Å². The molecule has 0 aromatic heterocycles. The van der Waals surface area contributed by atoms with Gasteiger partial charge in [0.1, 0.15) is 5.75 Å². The lowest BCUT2D eigenvalue weighted by atomic mass is 9.77. The van der Waals surface area contributed by atoms with E-state index in [2.05, 4.69) is 23.8 Å². The van der Waals surface area contributed by atoms with Gasteiger partial charge >= 0.3 is 6.36 Å². The summed E-state index contributed by atoms with van der Waals surface area (Å²) < 4.78 is 40.9. The first-order valence-electron chi connectivity index (χ1n) is 12.9. The van der Waals surface area contributed by atoms with E-state index in [1.54, 1.807) is 12.1 Å². The summed E-state index contributed by atoms with van der Waals surface area (Å²) in [4.78, 5) is 0. The molecule has 2 aliphatic rings. The number of halogens is 3. The van der Waals surface area contributed by atoms with E-state index in [1.165, 1.54) is 89.2 Å². The zero-order chi connectivity index (χ0) is 22.8. The third kappa shape index (κ3) is 8.83. The molecule has 0 saturated heterocycles. The van der Waals surface area contributed by atoms with Gasteiger partial charge < -0.3 is 4.74 Å². The molecule has 3 rings (SSSR count). The summed E-state index contributed by atoms with van der Waals surface area (Å²) in [7, 11) is 0. The van der Waals surface area contributed by atoms with Crippen molar-refractivity contribution in [2.24, 2.45) is 17.8 Å². The van der Waals surface area contributed by atoms with Crippen LogP contribution in [-0.4, -0.2) is 6.36 Å². The van der Waals surface area contributed by atoms with Crippen LogP contribution in [0.2, 0.25) is 0 Å². The standard InChI is InChI=1S/C28H41F3O/c1-2-3-4-7-22-10-12-23(13-11-22)8-5-6-9-24-14-16-25(17-15-24)26-18-20-27(21-19-26)32-28(29,30)31/h6,9,18-25H,2-5,7-8,10-17H2,1H3/b9-6+. The SMILES string of the molecule is CCCCCC1CCC(CC/C=C/C2CCC(c3ccc(OC(F)(F)F)cc3)CC2)CC1. The summed E-state index contributed by atoms with van der Waals surface area (Å²) in [6.45, 7) is 2.29. The fourth-order valence-electron chi connectivity index (χ4n) is 5.70. The average molecular weight is 451 g/mol. The molecule has 2 fully saturated rings. The molecule has 0 unspecified atom stereocenters. The van der Waals surface area contributed by atoms with Crippen molar-refractivity contribution < 1.29 is 17.9 Å². The first kappa shape index (κ1) is 25.2. The van der Waals surface area contributed by atoms with Crippen LogP contribution in [0.1, 0.15) is 108 Å². The number of benzene rings is 1. The number of hydrogen-bond donors (Lipinski definition) is 0. The second-order valence-electron chi connectivity index (χ2n) is 10.1. The van der Waals surface area contributed by atoms with Gasteiger partial charge in [-0.2, -0.15) is 0 Å². The van der Waals surface area contributed by atoms with Crippen molar-refractivity contribution in [2.75, 3.05) is 0 Å². The van der Waals surface area contributed by atoms with Gasteiger partial charge in [0.25, 0.3) is 0 Å². The highest BCUT2D eigenvalue weighted by atomic mass is 19.4. The number of rotatable bonds is 10. The van der Waals surface area contributed by atoms with Crippen LogP contribution in [-0.2, 0) is 0 Å². The van der Waals surface area contributed by atoms with Gasteiger partial charge in [0.05, 0.1) is 0 Å². The van der Waals surface area contributed by atoms with E-state index >= 15 is 0 Å². The lowest BCUT2D eigenvalue weighted by Gasteiger charge is -2.28. The maximum Gasteiger partial charge on any atom is 0.573 e. The van der Waals surface area contributed by atoms with Crippen molar-refractivity contribution in [1.82, 2.24) is 0 Å². The van der Waals surface area contributed by atoms with Crippen LogP contribution in [0.15, 0.2) is 36.4 Å². The second-order valence-corrected chi connectivity index (χ2v) is 10.1. The Labute approximate surface area is 192 Å². The van der Waals surface area contributed by atoms with Crippen molar-refractivity contribution in [1.29, 1.82) is 0 Å². The molecule has 0 amide bonds. The molecule has 2 saturated carbocycles. The van der Waals surface area contributed by atoms with Crippen molar-refractivity contribution in [3.05, 3.63) is 42.0 Å². The Hall–Kier alpha value is -1.45. The first-order valence-corrected chi connectivity index (χ1v) is 12.9. The third-order valence-corrected chi connectivity index (χ3v) is 7.69. The van der Waals surface area contributed by atoms with E-state index in [4.69, 9.17) is 0 Å². The van der Waals surface area contributed by atoms with Crippen LogP contribution in [0.5, 0.6) is 5.75 Å². The number of hydrogen-bond acceptors (Lipinski definition) is 1. The van der Waals surface area contributed by atoms with Crippen LogP contribution in [0.4, 0.5) is 13.2 Å². The number of allylic oxidation sites excluding steroid dienone is 2. The fourth-order valence-corrected chi connectivity index (χ4v) is 5.70. The minimum absolute atomic E-state index is 0.136. The molecule has 0 aliphatic heterocycles. The van der Waals surface area contributed by atoms with Crippen LogP contribution < -0.4 is 4.74 Å². The zero-order valence-corrected chi connectivity index (χ0v) is 19.7. The molecule has 1 nitrogen and oxygen atoms in total. The van der Waals surface area contributed by atoms with Gasteiger partial charge in [-0.1, -0.05) is 82.6 Å². The van der Waals surface area contributed by atoms with Gasteiger partial charge in [0, 0.05) is 0 Å². The highest BCUT2D eigenvalue weighted by molar-refractivity contribution is 5.30. The Morgan fingerprint density at radius 1 is 0.844 bits per heavy atom. The lowest BCUT2D eigenvalue weighted by Crippen LogP contribution is -2.17. The average Bonchev–Trinajstić information content (AvgIpc) is 2.78. The van der Waals surface area contributed by atoms with E-state index in [-0.39, 0.29) is 5.75 Å². The molecule has 0 spiro atoms. The van der Waals surface area contributed by atoms with Crippen LogP contribution in [0.25, 0.3) is 0 Å². The van der Waals surface area contributed by atoms with Gasteiger partial charge in [-0.25, -0.2) is 0 Å². The van der Waals surface area contributed by atoms with E-state index in [1.807, 2.05) is 0 Å². The van der Waals surface area contributed by atoms with Crippen LogP contribution in [0, 0.1) is 17.8 Å². The maximum absolute atomic E-state index is 12.3. The summed E-state index contributed by atoms with van der Waals surface area (Å²) >= 11 is 0. The molecular formula is C28H41F3O. The molecule has 0 radical (unpaired) electrons. The Kier molecular flexibility index (Phi) is 9.99. The fraction of sp³-hybridized carbons (Fsp3) is 0.714. The van der Waals surface area contributed by atoms with Gasteiger partial charge in [0.15, 0.2) is 0 Å². The molecule has 0 atom stereocenters. The summed E-state index contributed by atoms with van der Waals surface area (Å²) in [5, 5.41) is 0. The van der Waals surface area contributed by atoms with Crippen molar-refractivity contribution in [3.8, 4) is 5.75 Å². The van der Waals surface area contributed by atoms with Crippen molar-refractivity contribution in [2.45, 2.75) is 109 Å². The van der Waals surface area contributed by atoms with Gasteiger partial charge in [-0.05, 0) is 79.9 Å². The topological polar surface area (TPSA) is 9.23 Å². The van der Waals surface area contributed by atoms with Crippen molar-refractivity contribution in [3.63, 3.8) is 0 Å². The zero-order valence-electron chi connectivity index (χ0n) is 19.7. The van der Waals surface area contributed by atoms with Gasteiger partial charge in [0.2, 0.25) is 0 Å². The smallest absolute Gasteiger partial charge is 0.406 e. The summed E-state index contributed by atoms with van der Waals surface area (Å²) in [5.74, 6) is 2.90. The highest BCUT2D eigenvalue weighted by Gasteiger charge is 2.31. The molecule has 0 N–H and O–H groups in total. The summed E-state index contributed by atoms with van der Waals surface area (Å²) in [6.07, 6.45) is 18.7. The molecule has 0 bridgehead atoms. The number of ether oxygens (including phenoxy) is 1. The van der Waals surface area contributed by atoms with Crippen LogP contribution >= 0.6 is 0 Å². The first-order chi connectivity index (χ1) is 15.4. The Morgan fingerprint density at radius 3 is 2.06 bits per heavy atom.